The molecule has 120 valence electrons. The molecule has 5 nitrogen and oxygen atoms in total. The Morgan fingerprint density at radius 2 is 2.13 bits per heavy atom. The molecular weight excluding hydrogens is 292 g/mol. The smallest absolute Gasteiger partial charge is 0.319 e. The Morgan fingerprint density at radius 1 is 1.26 bits per heavy atom. The molecule has 5 heteroatoms. The Hall–Kier alpha value is -2.69. The highest BCUT2D eigenvalue weighted by Gasteiger charge is 2.22. The molecule has 3 rings (SSSR count). The summed E-state index contributed by atoms with van der Waals surface area (Å²) < 4.78 is 10.9. The number of urea groups is 1. The number of ether oxygens (including phenoxy) is 2. The van der Waals surface area contributed by atoms with E-state index in [0.717, 1.165) is 28.3 Å². The van der Waals surface area contributed by atoms with Crippen molar-refractivity contribution in [3.05, 3.63) is 53.6 Å². The van der Waals surface area contributed by atoms with Crippen molar-refractivity contribution in [3.63, 3.8) is 0 Å². The van der Waals surface area contributed by atoms with Gasteiger partial charge in [-0.15, -0.1) is 0 Å². The number of amides is 2. The molecule has 0 fully saturated rings. The van der Waals surface area contributed by atoms with E-state index < -0.39 is 0 Å². The number of anilines is 1. The highest BCUT2D eigenvalue weighted by Crippen LogP contribution is 2.28. The minimum absolute atomic E-state index is 0.0700. The lowest BCUT2D eigenvalue weighted by molar-refractivity contribution is 0.222. The second-order valence-electron chi connectivity index (χ2n) is 5.65. The second kappa shape index (κ2) is 6.60. The highest BCUT2D eigenvalue weighted by atomic mass is 16.5. The Balaban J connectivity index is 1.61. The molecule has 2 aromatic carbocycles. The fraction of sp³-hybridized carbons (Fsp3) is 0.278. The van der Waals surface area contributed by atoms with Crippen LogP contribution in [0.5, 0.6) is 11.5 Å². The molecule has 23 heavy (non-hydrogen) atoms. The first-order valence-electron chi connectivity index (χ1n) is 7.58. The summed E-state index contributed by atoms with van der Waals surface area (Å²) in [6, 6.07) is 13.1. The number of benzene rings is 2. The van der Waals surface area contributed by atoms with Crippen LogP contribution in [0, 0.1) is 6.92 Å². The Bertz CT molecular complexity index is 715. The standard InChI is InChI=1S/C18H20N2O3/c1-12-4-3-5-14(8-12)19-18(21)20-15-9-13-10-16(22-2)6-7-17(13)23-11-15/h3-8,10,15H,9,11H2,1-2H3,(H2,19,20,21)/t15-/m0/s1. The number of hydrogen-bond donors (Lipinski definition) is 2. The molecular formula is C18H20N2O3. The van der Waals surface area contributed by atoms with Gasteiger partial charge in [-0.1, -0.05) is 12.1 Å². The third-order valence-corrected chi connectivity index (χ3v) is 3.79. The third kappa shape index (κ3) is 3.74. The van der Waals surface area contributed by atoms with Gasteiger partial charge in [0.2, 0.25) is 0 Å². The maximum atomic E-state index is 12.1. The number of nitrogens with one attached hydrogen (secondary N) is 2. The van der Waals surface area contributed by atoms with E-state index in [1.807, 2.05) is 49.4 Å². The molecule has 0 saturated carbocycles. The number of carbonyl (C=O) groups excluding carboxylic acids is 1. The highest BCUT2D eigenvalue weighted by molar-refractivity contribution is 5.89. The number of rotatable bonds is 3. The number of fused-ring (bicyclic) bond motifs is 1. The van der Waals surface area contributed by atoms with Crippen LogP contribution in [0.1, 0.15) is 11.1 Å². The Morgan fingerprint density at radius 3 is 2.91 bits per heavy atom. The number of aryl methyl sites for hydroxylation is 1. The molecule has 0 saturated heterocycles. The quantitative estimate of drug-likeness (QED) is 0.915. The zero-order chi connectivity index (χ0) is 16.2. The van der Waals surface area contributed by atoms with Gasteiger partial charge in [0.25, 0.3) is 0 Å². The van der Waals surface area contributed by atoms with Crippen molar-refractivity contribution in [2.45, 2.75) is 19.4 Å². The van der Waals surface area contributed by atoms with Crippen LogP contribution in [0.4, 0.5) is 10.5 Å². The number of methoxy groups -OCH3 is 1. The van der Waals surface area contributed by atoms with Gasteiger partial charge in [0.05, 0.1) is 13.2 Å². The van der Waals surface area contributed by atoms with Crippen LogP contribution in [0.2, 0.25) is 0 Å². The van der Waals surface area contributed by atoms with E-state index in [0.29, 0.717) is 13.0 Å². The average molecular weight is 312 g/mol. The molecule has 2 amide bonds. The summed E-state index contributed by atoms with van der Waals surface area (Å²) in [5.74, 6) is 1.64. The summed E-state index contributed by atoms with van der Waals surface area (Å²) in [7, 11) is 1.64. The van der Waals surface area contributed by atoms with E-state index in [-0.39, 0.29) is 12.1 Å². The molecule has 1 aliphatic heterocycles. The molecule has 1 heterocycles. The molecule has 2 aromatic rings. The fourth-order valence-corrected chi connectivity index (χ4v) is 2.67. The molecule has 0 unspecified atom stereocenters. The van der Waals surface area contributed by atoms with E-state index in [1.165, 1.54) is 0 Å². The molecule has 1 atom stereocenters. The first-order valence-corrected chi connectivity index (χ1v) is 7.58. The topological polar surface area (TPSA) is 59.6 Å². The van der Waals surface area contributed by atoms with E-state index in [1.54, 1.807) is 7.11 Å². The fourth-order valence-electron chi connectivity index (χ4n) is 2.67. The lowest BCUT2D eigenvalue weighted by Gasteiger charge is -2.26. The van der Waals surface area contributed by atoms with Gasteiger partial charge < -0.3 is 20.1 Å². The van der Waals surface area contributed by atoms with E-state index in [4.69, 9.17) is 9.47 Å². The molecule has 0 aromatic heterocycles. The van der Waals surface area contributed by atoms with Gasteiger partial charge in [0, 0.05) is 5.69 Å². The van der Waals surface area contributed by atoms with Gasteiger partial charge in [-0.25, -0.2) is 4.79 Å². The summed E-state index contributed by atoms with van der Waals surface area (Å²) in [4.78, 5) is 12.1. The second-order valence-corrected chi connectivity index (χ2v) is 5.65. The minimum Gasteiger partial charge on any atom is -0.497 e. The molecule has 0 bridgehead atoms. The first kappa shape index (κ1) is 15.2. The van der Waals surface area contributed by atoms with E-state index >= 15 is 0 Å². The molecule has 1 aliphatic rings. The van der Waals surface area contributed by atoms with Crippen LogP contribution in [0.25, 0.3) is 0 Å². The zero-order valence-corrected chi connectivity index (χ0v) is 13.3. The lowest BCUT2D eigenvalue weighted by atomic mass is 10.0. The van der Waals surface area contributed by atoms with E-state index in [9.17, 15) is 4.79 Å². The average Bonchev–Trinajstić information content (AvgIpc) is 2.54. The maximum Gasteiger partial charge on any atom is 0.319 e. The van der Waals surface area contributed by atoms with Crippen LogP contribution >= 0.6 is 0 Å². The summed E-state index contributed by atoms with van der Waals surface area (Å²) in [5, 5.41) is 5.80. The summed E-state index contributed by atoms with van der Waals surface area (Å²) in [5.41, 5.74) is 2.92. The van der Waals surface area contributed by atoms with Crippen LogP contribution in [0.3, 0.4) is 0 Å². The predicted molar refractivity (Wildman–Crippen MR) is 89.3 cm³/mol. The third-order valence-electron chi connectivity index (χ3n) is 3.79. The van der Waals surface area contributed by atoms with Crippen molar-refractivity contribution in [1.82, 2.24) is 5.32 Å². The largest absolute Gasteiger partial charge is 0.497 e. The van der Waals surface area contributed by atoms with Crippen molar-refractivity contribution in [2.24, 2.45) is 0 Å². The number of carbonyl (C=O) groups is 1. The van der Waals surface area contributed by atoms with Crippen molar-refractivity contribution >= 4 is 11.7 Å². The predicted octanol–water partition coefficient (Wildman–Crippen LogP) is 3.13. The molecule has 0 spiro atoms. The van der Waals surface area contributed by atoms with Gasteiger partial charge in [0.15, 0.2) is 0 Å². The summed E-state index contributed by atoms with van der Waals surface area (Å²) in [6.07, 6.45) is 0.716. The van der Waals surface area contributed by atoms with Crippen molar-refractivity contribution in [2.75, 3.05) is 19.0 Å². The maximum absolute atomic E-state index is 12.1. The minimum atomic E-state index is -0.226. The molecule has 0 radical (unpaired) electrons. The van der Waals surface area contributed by atoms with Gasteiger partial charge in [-0.3, -0.25) is 0 Å². The van der Waals surface area contributed by atoms with Crippen LogP contribution < -0.4 is 20.1 Å². The number of hydrogen-bond acceptors (Lipinski definition) is 3. The SMILES string of the molecule is COc1ccc2c(c1)C[C@H](NC(=O)Nc1cccc(C)c1)CO2. The normalized spacial score (nSPS) is 16.0. The van der Waals surface area contributed by atoms with Crippen LogP contribution in [-0.2, 0) is 6.42 Å². The summed E-state index contributed by atoms with van der Waals surface area (Å²) >= 11 is 0. The van der Waals surface area contributed by atoms with E-state index in [2.05, 4.69) is 10.6 Å². The zero-order valence-electron chi connectivity index (χ0n) is 13.3. The van der Waals surface area contributed by atoms with Crippen LogP contribution in [-0.4, -0.2) is 25.8 Å². The van der Waals surface area contributed by atoms with Crippen molar-refractivity contribution < 1.29 is 14.3 Å². The Labute approximate surface area is 135 Å². The molecule has 0 aliphatic carbocycles. The molecule has 2 N–H and O–H groups in total. The summed E-state index contributed by atoms with van der Waals surface area (Å²) in [6.45, 7) is 2.45. The van der Waals surface area contributed by atoms with Crippen LogP contribution in [0.15, 0.2) is 42.5 Å². The lowest BCUT2D eigenvalue weighted by Crippen LogP contribution is -2.44. The first-order chi connectivity index (χ1) is 11.1. The van der Waals surface area contributed by atoms with Gasteiger partial charge in [0.1, 0.15) is 18.1 Å². The van der Waals surface area contributed by atoms with Gasteiger partial charge in [-0.2, -0.15) is 0 Å². The van der Waals surface area contributed by atoms with Gasteiger partial charge in [-0.05, 0) is 54.8 Å². The monoisotopic (exact) mass is 312 g/mol. The van der Waals surface area contributed by atoms with Crippen molar-refractivity contribution in [3.8, 4) is 11.5 Å². The Kier molecular flexibility index (Phi) is 4.37. The van der Waals surface area contributed by atoms with Gasteiger partial charge >= 0.3 is 6.03 Å². The van der Waals surface area contributed by atoms with Crippen molar-refractivity contribution in [1.29, 1.82) is 0 Å².